The molecular formula is C10H17NO2. The Balaban J connectivity index is 1.80. The zero-order valence-electron chi connectivity index (χ0n) is 7.88. The molecule has 0 aromatic heterocycles. The lowest BCUT2D eigenvalue weighted by Crippen LogP contribution is -2.50. The Morgan fingerprint density at radius 1 is 1.38 bits per heavy atom. The summed E-state index contributed by atoms with van der Waals surface area (Å²) in [7, 11) is 0. The summed E-state index contributed by atoms with van der Waals surface area (Å²) in [6.45, 7) is 0.687. The topological polar surface area (TPSA) is 49.3 Å². The van der Waals surface area contributed by atoms with Gasteiger partial charge in [-0.15, -0.1) is 0 Å². The molecule has 0 radical (unpaired) electrons. The number of carboxylic acids is 1. The molecule has 0 saturated heterocycles. The molecule has 2 rings (SSSR count). The lowest BCUT2D eigenvalue weighted by Gasteiger charge is -2.40. The maximum atomic E-state index is 11.0. The van der Waals surface area contributed by atoms with Gasteiger partial charge < -0.3 is 10.4 Å². The van der Waals surface area contributed by atoms with Gasteiger partial charge in [-0.3, -0.25) is 4.79 Å². The first kappa shape index (κ1) is 9.00. The molecule has 0 spiro atoms. The summed E-state index contributed by atoms with van der Waals surface area (Å²) in [5, 5.41) is 12.4. The molecule has 0 bridgehead atoms. The molecule has 0 atom stereocenters. The van der Waals surface area contributed by atoms with E-state index < -0.39 is 11.4 Å². The van der Waals surface area contributed by atoms with E-state index in [2.05, 4.69) is 5.32 Å². The quantitative estimate of drug-likeness (QED) is 0.692. The van der Waals surface area contributed by atoms with Crippen molar-refractivity contribution in [3.8, 4) is 0 Å². The van der Waals surface area contributed by atoms with Crippen molar-refractivity contribution in [1.29, 1.82) is 0 Å². The maximum Gasteiger partial charge on any atom is 0.310 e. The normalized spacial score (nSPS) is 26.2. The SMILES string of the molecule is O=C(O)C1(CNC2CCC2)CCC1. The van der Waals surface area contributed by atoms with E-state index in [1.807, 2.05) is 0 Å². The van der Waals surface area contributed by atoms with E-state index in [4.69, 9.17) is 5.11 Å². The van der Waals surface area contributed by atoms with Crippen LogP contribution in [0.15, 0.2) is 0 Å². The second-order valence-corrected chi connectivity index (χ2v) is 4.45. The average molecular weight is 183 g/mol. The van der Waals surface area contributed by atoms with Crippen LogP contribution in [0.5, 0.6) is 0 Å². The van der Waals surface area contributed by atoms with Gasteiger partial charge in [0.05, 0.1) is 5.41 Å². The number of nitrogens with one attached hydrogen (secondary N) is 1. The van der Waals surface area contributed by atoms with Crippen LogP contribution in [-0.2, 0) is 4.79 Å². The first-order chi connectivity index (χ1) is 6.23. The lowest BCUT2D eigenvalue weighted by atomic mass is 9.68. The minimum atomic E-state index is -0.606. The molecule has 3 heteroatoms. The standard InChI is InChI=1S/C10H17NO2/c12-9(13)10(5-2-6-10)7-11-8-3-1-4-8/h8,11H,1-7H2,(H,12,13). The van der Waals surface area contributed by atoms with Crippen LogP contribution in [0.3, 0.4) is 0 Å². The second kappa shape index (κ2) is 3.29. The molecular weight excluding hydrogens is 166 g/mol. The predicted octanol–water partition coefficient (Wildman–Crippen LogP) is 1.38. The molecule has 3 nitrogen and oxygen atoms in total. The monoisotopic (exact) mass is 183 g/mol. The van der Waals surface area contributed by atoms with Crippen LogP contribution in [-0.4, -0.2) is 23.7 Å². The third-order valence-corrected chi connectivity index (χ3v) is 3.60. The molecule has 2 aliphatic rings. The molecule has 2 aliphatic carbocycles. The van der Waals surface area contributed by atoms with E-state index in [1.54, 1.807) is 0 Å². The number of aliphatic carboxylic acids is 1. The van der Waals surface area contributed by atoms with Crippen molar-refractivity contribution in [1.82, 2.24) is 5.32 Å². The summed E-state index contributed by atoms with van der Waals surface area (Å²) < 4.78 is 0. The van der Waals surface area contributed by atoms with Gasteiger partial charge in [-0.1, -0.05) is 12.8 Å². The van der Waals surface area contributed by atoms with Crippen molar-refractivity contribution in [2.24, 2.45) is 5.41 Å². The maximum absolute atomic E-state index is 11.0. The molecule has 0 unspecified atom stereocenters. The highest BCUT2D eigenvalue weighted by atomic mass is 16.4. The van der Waals surface area contributed by atoms with Crippen LogP contribution < -0.4 is 5.32 Å². The van der Waals surface area contributed by atoms with Gasteiger partial charge in [-0.05, 0) is 25.7 Å². The fraction of sp³-hybridized carbons (Fsp3) is 0.900. The predicted molar refractivity (Wildman–Crippen MR) is 49.6 cm³/mol. The van der Waals surface area contributed by atoms with Crippen molar-refractivity contribution in [2.45, 2.75) is 44.6 Å². The lowest BCUT2D eigenvalue weighted by molar-refractivity contribution is -0.154. The summed E-state index contributed by atoms with van der Waals surface area (Å²) in [5.74, 6) is -0.606. The fourth-order valence-corrected chi connectivity index (χ4v) is 2.02. The Morgan fingerprint density at radius 2 is 2.08 bits per heavy atom. The van der Waals surface area contributed by atoms with Crippen LogP contribution in [0.25, 0.3) is 0 Å². The van der Waals surface area contributed by atoms with Gasteiger partial charge in [0.2, 0.25) is 0 Å². The van der Waals surface area contributed by atoms with Crippen LogP contribution in [0, 0.1) is 5.41 Å². The van der Waals surface area contributed by atoms with Gasteiger partial charge >= 0.3 is 5.97 Å². The van der Waals surface area contributed by atoms with Crippen LogP contribution in [0.2, 0.25) is 0 Å². The number of carbonyl (C=O) groups is 1. The Morgan fingerprint density at radius 3 is 2.38 bits per heavy atom. The van der Waals surface area contributed by atoms with E-state index in [-0.39, 0.29) is 0 Å². The Bertz CT molecular complexity index is 207. The Kier molecular flexibility index (Phi) is 2.28. The number of hydrogen-bond donors (Lipinski definition) is 2. The second-order valence-electron chi connectivity index (χ2n) is 4.45. The minimum Gasteiger partial charge on any atom is -0.481 e. The van der Waals surface area contributed by atoms with Crippen molar-refractivity contribution in [2.75, 3.05) is 6.54 Å². The number of hydrogen-bond acceptors (Lipinski definition) is 2. The summed E-state index contributed by atoms with van der Waals surface area (Å²) >= 11 is 0. The van der Waals surface area contributed by atoms with Gasteiger partial charge in [0.1, 0.15) is 0 Å². The van der Waals surface area contributed by atoms with Gasteiger partial charge in [-0.2, -0.15) is 0 Å². The Labute approximate surface area is 78.5 Å². The van der Waals surface area contributed by atoms with Crippen LogP contribution >= 0.6 is 0 Å². The summed E-state index contributed by atoms with van der Waals surface area (Å²) in [5.41, 5.74) is -0.407. The first-order valence-electron chi connectivity index (χ1n) is 5.20. The molecule has 0 aliphatic heterocycles. The highest BCUT2D eigenvalue weighted by Crippen LogP contribution is 2.40. The summed E-state index contributed by atoms with van der Waals surface area (Å²) in [6, 6.07) is 0.608. The minimum absolute atomic E-state index is 0.407. The van der Waals surface area contributed by atoms with E-state index in [9.17, 15) is 4.79 Å². The third-order valence-electron chi connectivity index (χ3n) is 3.60. The summed E-state index contributed by atoms with van der Waals surface area (Å²) in [6.07, 6.45) is 6.58. The molecule has 2 saturated carbocycles. The highest BCUT2D eigenvalue weighted by molar-refractivity contribution is 5.76. The highest BCUT2D eigenvalue weighted by Gasteiger charge is 2.44. The third kappa shape index (κ3) is 1.57. The average Bonchev–Trinajstić information content (AvgIpc) is 1.89. The molecule has 0 aromatic rings. The molecule has 13 heavy (non-hydrogen) atoms. The van der Waals surface area contributed by atoms with Gasteiger partial charge in [0, 0.05) is 12.6 Å². The summed E-state index contributed by atoms with van der Waals surface area (Å²) in [4.78, 5) is 11.0. The van der Waals surface area contributed by atoms with E-state index in [0.717, 1.165) is 19.3 Å². The fourth-order valence-electron chi connectivity index (χ4n) is 2.02. The van der Waals surface area contributed by atoms with Crippen LogP contribution in [0.1, 0.15) is 38.5 Å². The first-order valence-corrected chi connectivity index (χ1v) is 5.20. The molecule has 0 heterocycles. The Hall–Kier alpha value is -0.570. The van der Waals surface area contributed by atoms with E-state index in [1.165, 1.54) is 19.3 Å². The van der Waals surface area contributed by atoms with Crippen molar-refractivity contribution in [3.05, 3.63) is 0 Å². The van der Waals surface area contributed by atoms with E-state index >= 15 is 0 Å². The van der Waals surface area contributed by atoms with Crippen molar-refractivity contribution in [3.63, 3.8) is 0 Å². The van der Waals surface area contributed by atoms with Gasteiger partial charge in [0.15, 0.2) is 0 Å². The smallest absolute Gasteiger partial charge is 0.310 e. The number of rotatable bonds is 4. The molecule has 0 amide bonds. The zero-order chi connectivity index (χ0) is 9.31. The zero-order valence-corrected chi connectivity index (χ0v) is 7.88. The van der Waals surface area contributed by atoms with Crippen LogP contribution in [0.4, 0.5) is 0 Å². The molecule has 0 aromatic carbocycles. The van der Waals surface area contributed by atoms with E-state index in [0.29, 0.717) is 12.6 Å². The van der Waals surface area contributed by atoms with Gasteiger partial charge in [0.25, 0.3) is 0 Å². The van der Waals surface area contributed by atoms with Gasteiger partial charge in [-0.25, -0.2) is 0 Å². The molecule has 74 valence electrons. The van der Waals surface area contributed by atoms with Crippen molar-refractivity contribution < 1.29 is 9.90 Å². The van der Waals surface area contributed by atoms with Crippen molar-refractivity contribution >= 4 is 5.97 Å². The molecule has 2 fully saturated rings. The number of carboxylic acid groups (broad SMARTS) is 1. The molecule has 2 N–H and O–H groups in total. The largest absolute Gasteiger partial charge is 0.481 e.